The van der Waals surface area contributed by atoms with Crippen molar-refractivity contribution in [2.75, 3.05) is 6.26 Å². The van der Waals surface area contributed by atoms with E-state index in [1.54, 1.807) is 13.8 Å². The fourth-order valence-electron chi connectivity index (χ4n) is 3.20. The fraction of sp³-hybridized carbons (Fsp3) is 0.579. The zero-order valence-electron chi connectivity index (χ0n) is 15.1. The number of Topliss-reactive ketones (excluding diaryl/α,β-unsaturated/α-hetero) is 1. The van der Waals surface area contributed by atoms with E-state index in [4.69, 9.17) is 4.74 Å². The van der Waals surface area contributed by atoms with E-state index in [0.717, 1.165) is 31.9 Å². The number of carbonyl (C=O) groups excluding carboxylic acids is 2. The average molecular weight is 366 g/mol. The Labute approximate surface area is 149 Å². The number of hydrogen-bond donors (Lipinski definition) is 0. The van der Waals surface area contributed by atoms with Crippen LogP contribution in [-0.2, 0) is 19.4 Å². The minimum atomic E-state index is -3.31. The van der Waals surface area contributed by atoms with Gasteiger partial charge in [0, 0.05) is 18.2 Å². The summed E-state index contributed by atoms with van der Waals surface area (Å²) in [5.74, 6) is -0.344. The molecule has 0 amide bonds. The molecule has 0 aromatic heterocycles. The summed E-state index contributed by atoms with van der Waals surface area (Å²) in [6.45, 7) is 3.14. The summed E-state index contributed by atoms with van der Waals surface area (Å²) in [6.07, 6.45) is 7.05. The van der Waals surface area contributed by atoms with Crippen molar-refractivity contribution in [3.05, 3.63) is 29.8 Å². The predicted octanol–water partition coefficient (Wildman–Crippen LogP) is 3.57. The second-order valence-corrected chi connectivity index (χ2v) is 9.33. The van der Waals surface area contributed by atoms with Crippen LogP contribution < -0.4 is 0 Å². The van der Waals surface area contributed by atoms with E-state index in [-0.39, 0.29) is 16.6 Å². The van der Waals surface area contributed by atoms with Crippen molar-refractivity contribution in [1.82, 2.24) is 0 Å². The minimum absolute atomic E-state index is 0.149. The highest BCUT2D eigenvalue weighted by Crippen LogP contribution is 2.28. The molecule has 1 aromatic rings. The minimum Gasteiger partial charge on any atom is -0.451 e. The van der Waals surface area contributed by atoms with Crippen molar-refractivity contribution in [3.8, 4) is 0 Å². The van der Waals surface area contributed by atoms with Crippen molar-refractivity contribution in [2.24, 2.45) is 5.92 Å². The van der Waals surface area contributed by atoms with Crippen LogP contribution in [0.5, 0.6) is 0 Å². The van der Waals surface area contributed by atoms with Gasteiger partial charge in [0.2, 0.25) is 5.78 Å². The maximum atomic E-state index is 12.6. The molecular formula is C19H26O5S. The lowest BCUT2D eigenvalue weighted by Crippen LogP contribution is -2.37. The van der Waals surface area contributed by atoms with Crippen molar-refractivity contribution >= 4 is 21.6 Å². The van der Waals surface area contributed by atoms with Crippen molar-refractivity contribution < 1.29 is 22.7 Å². The molecule has 2 rings (SSSR count). The normalized spacial score (nSPS) is 16.4. The molecule has 1 aromatic carbocycles. The number of ketones is 1. The Morgan fingerprint density at radius 1 is 1.08 bits per heavy atom. The topological polar surface area (TPSA) is 77.5 Å². The number of benzene rings is 1. The number of carbonyl (C=O) groups is 2. The molecule has 1 fully saturated rings. The van der Waals surface area contributed by atoms with Crippen molar-refractivity contribution in [3.63, 3.8) is 0 Å². The van der Waals surface area contributed by atoms with Gasteiger partial charge in [0.15, 0.2) is 15.4 Å². The van der Waals surface area contributed by atoms with Crippen LogP contribution in [-0.4, -0.2) is 32.0 Å². The van der Waals surface area contributed by atoms with Gasteiger partial charge in [-0.3, -0.25) is 9.59 Å². The highest BCUT2D eigenvalue weighted by atomic mass is 32.2. The second-order valence-electron chi connectivity index (χ2n) is 7.32. The third-order valence-electron chi connectivity index (χ3n) is 4.64. The smallest absolute Gasteiger partial charge is 0.307 e. The number of rotatable bonds is 6. The van der Waals surface area contributed by atoms with Gasteiger partial charge in [0.1, 0.15) is 0 Å². The maximum absolute atomic E-state index is 12.6. The zero-order chi connectivity index (χ0) is 18.7. The van der Waals surface area contributed by atoms with Gasteiger partial charge in [0.05, 0.1) is 4.90 Å². The van der Waals surface area contributed by atoms with Crippen LogP contribution in [0.15, 0.2) is 29.2 Å². The Morgan fingerprint density at radius 2 is 1.64 bits per heavy atom. The molecular weight excluding hydrogens is 340 g/mol. The van der Waals surface area contributed by atoms with E-state index < -0.39 is 15.4 Å². The standard InChI is InChI=1S/C19H26O5S/c1-19(2,24-17(20)13-14-7-5-4-6-8-14)18(21)15-9-11-16(12-10-15)25(3,22)23/h9-12,14H,4-8,13H2,1-3H3. The number of sulfone groups is 1. The zero-order valence-corrected chi connectivity index (χ0v) is 15.9. The van der Waals surface area contributed by atoms with E-state index in [1.165, 1.54) is 30.7 Å². The molecule has 0 radical (unpaired) electrons. The predicted molar refractivity (Wildman–Crippen MR) is 95.2 cm³/mol. The van der Waals surface area contributed by atoms with Gasteiger partial charge in [-0.1, -0.05) is 19.3 Å². The molecule has 0 aliphatic heterocycles. The van der Waals surface area contributed by atoms with E-state index in [0.29, 0.717) is 17.9 Å². The van der Waals surface area contributed by atoms with Gasteiger partial charge in [-0.05, 0) is 56.9 Å². The molecule has 0 N–H and O–H groups in total. The Morgan fingerprint density at radius 3 is 2.16 bits per heavy atom. The largest absolute Gasteiger partial charge is 0.451 e. The van der Waals surface area contributed by atoms with Crippen LogP contribution in [0.3, 0.4) is 0 Å². The summed E-state index contributed by atoms with van der Waals surface area (Å²) in [5, 5.41) is 0. The Kier molecular flexibility index (Phi) is 6.03. The van der Waals surface area contributed by atoms with Crippen LogP contribution in [0.1, 0.15) is 62.7 Å². The number of hydrogen-bond acceptors (Lipinski definition) is 5. The van der Waals surface area contributed by atoms with Gasteiger partial charge >= 0.3 is 5.97 Å². The van der Waals surface area contributed by atoms with Crippen LogP contribution in [0.25, 0.3) is 0 Å². The highest BCUT2D eigenvalue weighted by Gasteiger charge is 2.33. The molecule has 25 heavy (non-hydrogen) atoms. The van der Waals surface area contributed by atoms with Gasteiger partial charge in [-0.15, -0.1) is 0 Å². The summed E-state index contributed by atoms with van der Waals surface area (Å²) < 4.78 is 28.4. The van der Waals surface area contributed by atoms with E-state index in [1.807, 2.05) is 0 Å². The summed E-state index contributed by atoms with van der Waals surface area (Å²) in [7, 11) is -3.31. The molecule has 0 heterocycles. The van der Waals surface area contributed by atoms with Gasteiger partial charge in [-0.25, -0.2) is 8.42 Å². The Hall–Kier alpha value is -1.69. The van der Waals surface area contributed by atoms with Crippen molar-refractivity contribution in [1.29, 1.82) is 0 Å². The van der Waals surface area contributed by atoms with Crippen LogP contribution in [0.4, 0.5) is 0 Å². The van der Waals surface area contributed by atoms with Crippen LogP contribution in [0.2, 0.25) is 0 Å². The molecule has 0 unspecified atom stereocenters. The first-order valence-electron chi connectivity index (χ1n) is 8.66. The summed E-state index contributed by atoms with van der Waals surface area (Å²) in [5.41, 5.74) is -0.957. The molecule has 6 heteroatoms. The second kappa shape index (κ2) is 7.68. The maximum Gasteiger partial charge on any atom is 0.307 e. The van der Waals surface area contributed by atoms with Gasteiger partial charge in [0.25, 0.3) is 0 Å². The first-order valence-corrected chi connectivity index (χ1v) is 10.6. The SMILES string of the molecule is CC(C)(OC(=O)CC1CCCCC1)C(=O)c1ccc(S(C)(=O)=O)cc1. The van der Waals surface area contributed by atoms with E-state index in [9.17, 15) is 18.0 Å². The molecule has 138 valence electrons. The van der Waals surface area contributed by atoms with E-state index >= 15 is 0 Å². The lowest BCUT2D eigenvalue weighted by atomic mass is 9.87. The molecule has 5 nitrogen and oxygen atoms in total. The molecule has 1 aliphatic rings. The summed E-state index contributed by atoms with van der Waals surface area (Å²) >= 11 is 0. The molecule has 0 saturated heterocycles. The monoisotopic (exact) mass is 366 g/mol. The molecule has 0 bridgehead atoms. The lowest BCUT2D eigenvalue weighted by Gasteiger charge is -2.26. The van der Waals surface area contributed by atoms with Crippen LogP contribution in [0, 0.1) is 5.92 Å². The van der Waals surface area contributed by atoms with Gasteiger partial charge < -0.3 is 4.74 Å². The molecule has 1 saturated carbocycles. The Balaban J connectivity index is 2.02. The lowest BCUT2D eigenvalue weighted by molar-refractivity contribution is -0.154. The molecule has 0 atom stereocenters. The van der Waals surface area contributed by atoms with E-state index in [2.05, 4.69) is 0 Å². The number of ether oxygens (including phenoxy) is 1. The molecule has 0 spiro atoms. The third kappa shape index (κ3) is 5.39. The van der Waals surface area contributed by atoms with Gasteiger partial charge in [-0.2, -0.15) is 0 Å². The summed E-state index contributed by atoms with van der Waals surface area (Å²) in [4.78, 5) is 25.0. The summed E-state index contributed by atoms with van der Waals surface area (Å²) in [6, 6.07) is 5.69. The van der Waals surface area contributed by atoms with Crippen LogP contribution >= 0.6 is 0 Å². The average Bonchev–Trinajstić information content (AvgIpc) is 2.53. The highest BCUT2D eigenvalue weighted by molar-refractivity contribution is 7.90. The first kappa shape index (κ1) is 19.6. The van der Waals surface area contributed by atoms with Crippen molar-refractivity contribution in [2.45, 2.75) is 62.9 Å². The Bertz CT molecular complexity index is 726. The fourth-order valence-corrected chi connectivity index (χ4v) is 3.83. The molecule has 1 aliphatic carbocycles. The first-order chi connectivity index (χ1) is 11.6. The quantitative estimate of drug-likeness (QED) is 0.568. The number of esters is 1. The third-order valence-corrected chi connectivity index (χ3v) is 5.77.